The zero-order chi connectivity index (χ0) is 23.2. The molecule has 1 amide bonds. The fourth-order valence-corrected chi connectivity index (χ4v) is 3.93. The minimum atomic E-state index is -4.94. The molecule has 0 N–H and O–H groups in total. The van der Waals surface area contributed by atoms with Crippen molar-refractivity contribution in [2.24, 2.45) is 5.92 Å². The van der Waals surface area contributed by atoms with Crippen LogP contribution >= 0.6 is 0 Å². The number of hydrogen-bond acceptors (Lipinski definition) is 4. The van der Waals surface area contributed by atoms with Crippen LogP contribution in [0.1, 0.15) is 53.0 Å². The predicted molar refractivity (Wildman–Crippen MR) is 99.6 cm³/mol. The van der Waals surface area contributed by atoms with Gasteiger partial charge < -0.3 is 4.90 Å². The molecular weight excluding hydrogens is 440 g/mol. The zero-order valence-corrected chi connectivity index (χ0v) is 16.7. The lowest BCUT2D eigenvalue weighted by Gasteiger charge is -2.37. The van der Waals surface area contributed by atoms with Crippen LogP contribution in [0, 0.1) is 11.7 Å². The number of piperidine rings is 1. The number of carbonyl (C=O) groups is 1. The van der Waals surface area contributed by atoms with E-state index < -0.39 is 41.5 Å². The summed E-state index contributed by atoms with van der Waals surface area (Å²) in [5.41, 5.74) is -1.93. The van der Waals surface area contributed by atoms with Crippen molar-refractivity contribution < 1.29 is 31.1 Å². The SMILES string of the molecule is CC1CCN(C(=O)c2ccc(F)c(C(F)(F)F)c2)C[C@H]1c1cc(C(F)F)nc2ncnn12. The van der Waals surface area contributed by atoms with Crippen molar-refractivity contribution >= 4 is 11.7 Å². The Morgan fingerprint density at radius 1 is 1.22 bits per heavy atom. The lowest BCUT2D eigenvalue weighted by Crippen LogP contribution is -2.42. The van der Waals surface area contributed by atoms with Gasteiger partial charge in [-0.15, -0.1) is 0 Å². The number of alkyl halides is 5. The minimum absolute atomic E-state index is 0.0122. The first-order chi connectivity index (χ1) is 15.1. The number of halogens is 6. The predicted octanol–water partition coefficient (Wildman–Crippen LogP) is 4.49. The molecule has 3 heterocycles. The van der Waals surface area contributed by atoms with Crippen molar-refractivity contribution in [2.75, 3.05) is 13.1 Å². The molecule has 1 aliphatic heterocycles. The zero-order valence-electron chi connectivity index (χ0n) is 16.7. The second-order valence-electron chi connectivity index (χ2n) is 7.69. The van der Waals surface area contributed by atoms with Gasteiger partial charge >= 0.3 is 6.18 Å². The summed E-state index contributed by atoms with van der Waals surface area (Å²) in [6, 6.07) is 3.30. The van der Waals surface area contributed by atoms with Crippen LogP contribution in [-0.4, -0.2) is 43.5 Å². The number of carbonyl (C=O) groups excluding carboxylic acids is 1. The van der Waals surface area contributed by atoms with E-state index in [0.29, 0.717) is 24.2 Å². The molecule has 4 rings (SSSR count). The number of fused-ring (bicyclic) bond motifs is 1. The van der Waals surface area contributed by atoms with Gasteiger partial charge in [-0.05, 0) is 36.6 Å². The molecule has 0 saturated carbocycles. The Kier molecular flexibility index (Phi) is 5.55. The van der Waals surface area contributed by atoms with E-state index in [2.05, 4.69) is 15.1 Å². The summed E-state index contributed by atoms with van der Waals surface area (Å²) < 4.78 is 80.7. The van der Waals surface area contributed by atoms with E-state index in [1.54, 1.807) is 0 Å². The maximum atomic E-state index is 13.6. The normalized spacial score (nSPS) is 19.7. The van der Waals surface area contributed by atoms with Gasteiger partial charge in [-0.2, -0.15) is 23.3 Å². The average molecular weight is 457 g/mol. The molecule has 1 aliphatic rings. The Labute approximate surface area is 177 Å². The summed E-state index contributed by atoms with van der Waals surface area (Å²) in [6.45, 7) is 2.19. The number of aromatic nitrogens is 4. The molecule has 1 aromatic carbocycles. The summed E-state index contributed by atoms with van der Waals surface area (Å²) >= 11 is 0. The molecule has 32 heavy (non-hydrogen) atoms. The van der Waals surface area contributed by atoms with Crippen molar-refractivity contribution in [1.29, 1.82) is 0 Å². The third-order valence-electron chi connectivity index (χ3n) is 5.67. The lowest BCUT2D eigenvalue weighted by atomic mass is 9.84. The number of hydrogen-bond donors (Lipinski definition) is 0. The van der Waals surface area contributed by atoms with Gasteiger partial charge in [0.2, 0.25) is 0 Å². The number of likely N-dealkylation sites (tertiary alicyclic amines) is 1. The summed E-state index contributed by atoms with van der Waals surface area (Å²) in [5, 5.41) is 4.03. The number of rotatable bonds is 3. The molecule has 3 aromatic rings. The summed E-state index contributed by atoms with van der Waals surface area (Å²) in [4.78, 5) is 21.9. The molecule has 0 radical (unpaired) electrons. The molecule has 6 nitrogen and oxygen atoms in total. The van der Waals surface area contributed by atoms with Crippen molar-refractivity contribution in [2.45, 2.75) is 31.9 Å². The van der Waals surface area contributed by atoms with Gasteiger partial charge in [-0.3, -0.25) is 4.79 Å². The van der Waals surface area contributed by atoms with Gasteiger partial charge in [0.25, 0.3) is 18.1 Å². The molecular formula is C20H17F6N5O. The van der Waals surface area contributed by atoms with Crippen molar-refractivity contribution in [1.82, 2.24) is 24.5 Å². The number of benzene rings is 1. The Morgan fingerprint density at radius 3 is 2.66 bits per heavy atom. The topological polar surface area (TPSA) is 63.4 Å². The Morgan fingerprint density at radius 2 is 1.97 bits per heavy atom. The van der Waals surface area contributed by atoms with Crippen LogP contribution in [0.15, 0.2) is 30.6 Å². The fourth-order valence-electron chi connectivity index (χ4n) is 3.93. The maximum Gasteiger partial charge on any atom is 0.419 e. The standard InChI is InChI=1S/C20H17F6N5O/c1-10-4-5-30(18(32)11-2-3-14(21)13(6-11)20(24,25)26)8-12(10)16-7-15(17(22)23)29-19-27-9-28-31(16)19/h2-3,6-7,9-10,12,17H,4-5,8H2,1H3/t10?,12-/m1/s1. The van der Waals surface area contributed by atoms with Gasteiger partial charge in [-0.1, -0.05) is 6.92 Å². The van der Waals surface area contributed by atoms with Crippen LogP contribution in [0.2, 0.25) is 0 Å². The largest absolute Gasteiger partial charge is 0.419 e. The second-order valence-corrected chi connectivity index (χ2v) is 7.69. The third-order valence-corrected chi connectivity index (χ3v) is 5.67. The van der Waals surface area contributed by atoms with Gasteiger partial charge in [0, 0.05) is 24.6 Å². The summed E-state index contributed by atoms with van der Waals surface area (Å²) in [6.07, 6.45) is -6.13. The van der Waals surface area contributed by atoms with E-state index in [1.165, 1.54) is 21.8 Å². The van der Waals surface area contributed by atoms with Gasteiger partial charge in [-0.25, -0.2) is 22.7 Å². The Hall–Kier alpha value is -3.18. The summed E-state index contributed by atoms with van der Waals surface area (Å²) in [7, 11) is 0. The second kappa shape index (κ2) is 8.06. The Bertz CT molecular complexity index is 1160. The summed E-state index contributed by atoms with van der Waals surface area (Å²) in [5.74, 6) is -2.67. The van der Waals surface area contributed by atoms with E-state index in [0.717, 1.165) is 6.07 Å². The minimum Gasteiger partial charge on any atom is -0.338 e. The van der Waals surface area contributed by atoms with E-state index >= 15 is 0 Å². The molecule has 2 aromatic heterocycles. The number of amides is 1. The highest BCUT2D eigenvalue weighted by Gasteiger charge is 2.37. The number of nitrogens with zero attached hydrogens (tertiary/aromatic N) is 5. The van der Waals surface area contributed by atoms with Crippen LogP contribution in [0.4, 0.5) is 26.3 Å². The van der Waals surface area contributed by atoms with Crippen molar-refractivity contribution in [3.63, 3.8) is 0 Å². The highest BCUT2D eigenvalue weighted by atomic mass is 19.4. The third kappa shape index (κ3) is 4.00. The highest BCUT2D eigenvalue weighted by molar-refractivity contribution is 5.94. The van der Waals surface area contributed by atoms with E-state index in [4.69, 9.17) is 0 Å². The van der Waals surface area contributed by atoms with Crippen molar-refractivity contribution in [3.05, 3.63) is 58.9 Å². The van der Waals surface area contributed by atoms with Gasteiger partial charge in [0.1, 0.15) is 17.8 Å². The first-order valence-corrected chi connectivity index (χ1v) is 9.71. The lowest BCUT2D eigenvalue weighted by molar-refractivity contribution is -0.140. The van der Waals surface area contributed by atoms with E-state index in [1.807, 2.05) is 6.92 Å². The maximum absolute atomic E-state index is 13.6. The molecule has 2 atom stereocenters. The van der Waals surface area contributed by atoms with Crippen LogP contribution < -0.4 is 0 Å². The first kappa shape index (κ1) is 22.0. The monoisotopic (exact) mass is 457 g/mol. The smallest absolute Gasteiger partial charge is 0.338 e. The molecule has 170 valence electrons. The fraction of sp³-hybridized carbons (Fsp3) is 0.400. The quantitative estimate of drug-likeness (QED) is 0.544. The average Bonchev–Trinajstić information content (AvgIpc) is 3.21. The first-order valence-electron chi connectivity index (χ1n) is 9.71. The van der Waals surface area contributed by atoms with Crippen LogP contribution in [0.25, 0.3) is 5.78 Å². The Balaban J connectivity index is 1.67. The van der Waals surface area contributed by atoms with Gasteiger partial charge in [0.15, 0.2) is 0 Å². The molecule has 0 bridgehead atoms. The molecule has 1 fully saturated rings. The molecule has 12 heteroatoms. The van der Waals surface area contributed by atoms with E-state index in [9.17, 15) is 31.1 Å². The molecule has 0 spiro atoms. The van der Waals surface area contributed by atoms with Gasteiger partial charge in [0.05, 0.1) is 11.3 Å². The van der Waals surface area contributed by atoms with Crippen LogP contribution in [0.3, 0.4) is 0 Å². The van der Waals surface area contributed by atoms with E-state index in [-0.39, 0.29) is 30.3 Å². The molecule has 1 saturated heterocycles. The van der Waals surface area contributed by atoms with Crippen LogP contribution in [-0.2, 0) is 6.18 Å². The van der Waals surface area contributed by atoms with Crippen LogP contribution in [0.5, 0.6) is 0 Å². The molecule has 0 aliphatic carbocycles. The molecule has 1 unspecified atom stereocenters. The highest BCUT2D eigenvalue weighted by Crippen LogP contribution is 2.35. The van der Waals surface area contributed by atoms with Crippen molar-refractivity contribution in [3.8, 4) is 0 Å².